The average molecular weight is 315 g/mol. The van der Waals surface area contributed by atoms with E-state index in [4.69, 9.17) is 4.74 Å². The van der Waals surface area contributed by atoms with Gasteiger partial charge >= 0.3 is 0 Å². The monoisotopic (exact) mass is 315 g/mol. The van der Waals surface area contributed by atoms with E-state index in [0.717, 1.165) is 17.0 Å². The number of amides is 1. The Kier molecular flexibility index (Phi) is 4.48. The van der Waals surface area contributed by atoms with Crippen molar-refractivity contribution in [2.24, 2.45) is 0 Å². The van der Waals surface area contributed by atoms with Crippen LogP contribution in [0.25, 0.3) is 6.08 Å². The Morgan fingerprint density at radius 2 is 2.32 bits per heavy atom. The number of aromatic nitrogens is 2. The predicted octanol–water partition coefficient (Wildman–Crippen LogP) is 2.54. The van der Waals surface area contributed by atoms with Crippen molar-refractivity contribution in [3.05, 3.63) is 46.3 Å². The Morgan fingerprint density at radius 3 is 3.05 bits per heavy atom. The molecular formula is C16H17N3O2S. The molecule has 114 valence electrons. The minimum absolute atomic E-state index is 0.0175. The Labute approximate surface area is 133 Å². The van der Waals surface area contributed by atoms with Gasteiger partial charge < -0.3 is 9.64 Å². The van der Waals surface area contributed by atoms with Crippen LogP contribution >= 0.6 is 11.3 Å². The number of carbonyl (C=O) groups excluding carboxylic acids is 1. The molecule has 0 aliphatic carbocycles. The second kappa shape index (κ2) is 6.70. The minimum Gasteiger partial charge on any atom is -0.471 e. The lowest BCUT2D eigenvalue weighted by molar-refractivity contribution is -0.125. The van der Waals surface area contributed by atoms with Crippen molar-refractivity contribution in [2.75, 3.05) is 13.1 Å². The van der Waals surface area contributed by atoms with Crippen LogP contribution in [0.5, 0.6) is 5.88 Å². The molecule has 1 atom stereocenters. The van der Waals surface area contributed by atoms with E-state index in [1.807, 2.05) is 42.6 Å². The number of thiophene rings is 1. The van der Waals surface area contributed by atoms with Gasteiger partial charge in [-0.15, -0.1) is 16.4 Å². The third kappa shape index (κ3) is 3.71. The molecule has 1 saturated heterocycles. The van der Waals surface area contributed by atoms with Crippen LogP contribution in [-0.2, 0) is 4.79 Å². The summed E-state index contributed by atoms with van der Waals surface area (Å²) in [5.41, 5.74) is 0.856. The summed E-state index contributed by atoms with van der Waals surface area (Å²) in [7, 11) is 0. The zero-order chi connectivity index (χ0) is 15.4. The van der Waals surface area contributed by atoms with Crippen molar-refractivity contribution < 1.29 is 9.53 Å². The fraction of sp³-hybridized carbons (Fsp3) is 0.312. The first-order valence-corrected chi connectivity index (χ1v) is 8.06. The van der Waals surface area contributed by atoms with Crippen LogP contribution in [0.15, 0.2) is 35.7 Å². The van der Waals surface area contributed by atoms with Gasteiger partial charge in [0.1, 0.15) is 6.10 Å². The standard InChI is InChI=1S/C16H17N3O2S/c1-12-4-6-15(18-17-12)21-13-8-9-19(11-13)16(20)7-5-14-3-2-10-22-14/h2-7,10,13H,8-9,11H2,1H3/b7-5+. The highest BCUT2D eigenvalue weighted by Gasteiger charge is 2.26. The number of nitrogens with zero attached hydrogens (tertiary/aromatic N) is 3. The molecule has 2 aromatic rings. The van der Waals surface area contributed by atoms with Crippen LogP contribution in [0, 0.1) is 6.92 Å². The molecule has 0 saturated carbocycles. The van der Waals surface area contributed by atoms with Crippen LogP contribution < -0.4 is 4.74 Å². The van der Waals surface area contributed by atoms with Crippen LogP contribution in [0.2, 0.25) is 0 Å². The van der Waals surface area contributed by atoms with Crippen LogP contribution in [0.3, 0.4) is 0 Å². The van der Waals surface area contributed by atoms with Crippen molar-refractivity contribution in [2.45, 2.75) is 19.4 Å². The molecule has 1 unspecified atom stereocenters. The molecule has 0 bridgehead atoms. The highest BCUT2D eigenvalue weighted by atomic mass is 32.1. The van der Waals surface area contributed by atoms with E-state index >= 15 is 0 Å². The molecule has 3 heterocycles. The lowest BCUT2D eigenvalue weighted by atomic mass is 10.3. The molecule has 0 aromatic carbocycles. The fourth-order valence-electron chi connectivity index (χ4n) is 2.29. The van der Waals surface area contributed by atoms with Gasteiger partial charge in [0.25, 0.3) is 0 Å². The van der Waals surface area contributed by atoms with Gasteiger partial charge in [-0.25, -0.2) is 0 Å². The van der Waals surface area contributed by atoms with E-state index in [0.29, 0.717) is 19.0 Å². The van der Waals surface area contributed by atoms with Crippen molar-refractivity contribution in [3.63, 3.8) is 0 Å². The van der Waals surface area contributed by atoms with Crippen LogP contribution in [0.4, 0.5) is 0 Å². The number of hydrogen-bond donors (Lipinski definition) is 0. The Hall–Kier alpha value is -2.21. The first-order valence-electron chi connectivity index (χ1n) is 7.18. The van der Waals surface area contributed by atoms with E-state index < -0.39 is 0 Å². The van der Waals surface area contributed by atoms with Gasteiger partial charge in [0.15, 0.2) is 0 Å². The molecule has 5 nitrogen and oxygen atoms in total. The first kappa shape index (κ1) is 14.7. The Bertz CT molecular complexity index is 653. The van der Waals surface area contributed by atoms with Crippen molar-refractivity contribution in [1.82, 2.24) is 15.1 Å². The molecule has 6 heteroatoms. The van der Waals surface area contributed by atoms with Gasteiger partial charge in [0.2, 0.25) is 11.8 Å². The topological polar surface area (TPSA) is 55.3 Å². The normalized spacial score (nSPS) is 18.0. The van der Waals surface area contributed by atoms with Crippen LogP contribution in [0.1, 0.15) is 17.0 Å². The minimum atomic E-state index is -0.0175. The van der Waals surface area contributed by atoms with Gasteiger partial charge in [0.05, 0.1) is 12.2 Å². The summed E-state index contributed by atoms with van der Waals surface area (Å²) in [5.74, 6) is 0.536. The van der Waals surface area contributed by atoms with Gasteiger partial charge in [-0.1, -0.05) is 6.07 Å². The third-order valence-electron chi connectivity index (χ3n) is 3.45. The average Bonchev–Trinajstić information content (AvgIpc) is 3.19. The maximum absolute atomic E-state index is 12.1. The van der Waals surface area contributed by atoms with Gasteiger partial charge in [-0.3, -0.25) is 4.79 Å². The second-order valence-corrected chi connectivity index (χ2v) is 6.15. The molecule has 3 rings (SSSR count). The molecule has 1 amide bonds. The van der Waals surface area contributed by atoms with Gasteiger partial charge in [-0.05, 0) is 30.5 Å². The largest absolute Gasteiger partial charge is 0.471 e. The van der Waals surface area contributed by atoms with E-state index in [2.05, 4.69) is 10.2 Å². The number of hydrogen-bond acceptors (Lipinski definition) is 5. The third-order valence-corrected chi connectivity index (χ3v) is 4.29. The molecule has 22 heavy (non-hydrogen) atoms. The smallest absolute Gasteiger partial charge is 0.246 e. The Balaban J connectivity index is 1.53. The highest BCUT2D eigenvalue weighted by molar-refractivity contribution is 7.10. The molecule has 0 spiro atoms. The summed E-state index contributed by atoms with van der Waals surface area (Å²) in [6.07, 6.45) is 4.27. The summed E-state index contributed by atoms with van der Waals surface area (Å²) in [6.45, 7) is 3.17. The lowest BCUT2D eigenvalue weighted by Gasteiger charge is -2.15. The number of carbonyl (C=O) groups is 1. The van der Waals surface area contributed by atoms with Gasteiger partial charge in [-0.2, -0.15) is 5.10 Å². The molecule has 1 aliphatic rings. The van der Waals surface area contributed by atoms with E-state index in [1.54, 1.807) is 22.3 Å². The molecular weight excluding hydrogens is 298 g/mol. The zero-order valence-corrected chi connectivity index (χ0v) is 13.1. The number of rotatable bonds is 4. The van der Waals surface area contributed by atoms with Gasteiger partial charge in [0, 0.05) is 30.0 Å². The number of likely N-dealkylation sites (tertiary alicyclic amines) is 1. The second-order valence-electron chi connectivity index (χ2n) is 5.17. The summed E-state index contributed by atoms with van der Waals surface area (Å²) >= 11 is 1.61. The highest BCUT2D eigenvalue weighted by Crippen LogP contribution is 2.17. The predicted molar refractivity (Wildman–Crippen MR) is 85.7 cm³/mol. The molecule has 0 radical (unpaired) electrons. The summed E-state index contributed by atoms with van der Waals surface area (Å²) in [4.78, 5) is 15.0. The maximum Gasteiger partial charge on any atom is 0.246 e. The van der Waals surface area contributed by atoms with Crippen LogP contribution in [-0.4, -0.2) is 40.2 Å². The van der Waals surface area contributed by atoms with Crippen molar-refractivity contribution in [3.8, 4) is 5.88 Å². The van der Waals surface area contributed by atoms with E-state index in [9.17, 15) is 4.79 Å². The van der Waals surface area contributed by atoms with Crippen molar-refractivity contribution in [1.29, 1.82) is 0 Å². The first-order chi connectivity index (χ1) is 10.7. The molecule has 1 fully saturated rings. The SMILES string of the molecule is Cc1ccc(OC2CCN(C(=O)/C=C/c3cccs3)C2)nn1. The quantitative estimate of drug-likeness (QED) is 0.814. The number of ether oxygens (including phenoxy) is 1. The van der Waals surface area contributed by atoms with Crippen molar-refractivity contribution >= 4 is 23.3 Å². The van der Waals surface area contributed by atoms with E-state index in [1.165, 1.54) is 0 Å². The molecule has 2 aromatic heterocycles. The maximum atomic E-state index is 12.1. The fourth-order valence-corrected chi connectivity index (χ4v) is 2.91. The number of aryl methyl sites for hydroxylation is 1. The molecule has 0 N–H and O–H groups in total. The summed E-state index contributed by atoms with van der Waals surface area (Å²) < 4.78 is 5.77. The zero-order valence-electron chi connectivity index (χ0n) is 12.3. The summed E-state index contributed by atoms with van der Waals surface area (Å²) in [5, 5.41) is 9.95. The summed E-state index contributed by atoms with van der Waals surface area (Å²) in [6, 6.07) is 7.63. The molecule has 1 aliphatic heterocycles. The van der Waals surface area contributed by atoms with E-state index in [-0.39, 0.29) is 12.0 Å². The Morgan fingerprint density at radius 1 is 1.41 bits per heavy atom. The lowest BCUT2D eigenvalue weighted by Crippen LogP contribution is -2.29.